The van der Waals surface area contributed by atoms with Gasteiger partial charge in [-0.1, -0.05) is 55.9 Å². The third-order valence-corrected chi connectivity index (χ3v) is 6.63. The van der Waals surface area contributed by atoms with Crippen LogP contribution in [-0.2, 0) is 4.79 Å². The lowest BCUT2D eigenvalue weighted by molar-refractivity contribution is -0.129. The van der Waals surface area contributed by atoms with E-state index in [0.717, 1.165) is 37.2 Å². The summed E-state index contributed by atoms with van der Waals surface area (Å²) in [6, 6.07) is 15.4. The topological polar surface area (TPSA) is 55.2 Å². The SMILES string of the molecule is CC(Sc1nc2ccccc2c(=O)n1-c1ccccc1C(C)C)C(=O)N1CCCC1. The standard InChI is InChI=1S/C24H27N3O2S/c1-16(2)18-10-5-7-13-21(18)27-23(29)19-11-4-6-12-20(19)25-24(27)30-17(3)22(28)26-14-8-9-15-26/h4-7,10-13,16-17H,8-9,14-15H2,1-3H3. The van der Waals surface area contributed by atoms with Gasteiger partial charge < -0.3 is 4.90 Å². The van der Waals surface area contributed by atoms with Crippen LogP contribution in [0, 0.1) is 0 Å². The monoisotopic (exact) mass is 421 g/mol. The Kier molecular flexibility index (Phi) is 5.95. The Bertz CT molecular complexity index is 1130. The second-order valence-corrected chi connectivity index (χ2v) is 9.37. The Balaban J connectivity index is 1.85. The number of carbonyl (C=O) groups excluding carboxylic acids is 1. The van der Waals surface area contributed by atoms with Crippen LogP contribution in [0.4, 0.5) is 0 Å². The fourth-order valence-electron chi connectivity index (χ4n) is 3.99. The van der Waals surface area contributed by atoms with E-state index in [1.165, 1.54) is 11.8 Å². The van der Waals surface area contributed by atoms with Gasteiger partial charge in [0.25, 0.3) is 5.56 Å². The fourth-order valence-corrected chi connectivity index (χ4v) is 4.99. The van der Waals surface area contributed by atoms with Crippen molar-refractivity contribution in [3.05, 3.63) is 64.4 Å². The molecule has 1 amide bonds. The maximum atomic E-state index is 13.5. The molecule has 0 N–H and O–H groups in total. The number of rotatable bonds is 5. The molecule has 0 bridgehead atoms. The van der Waals surface area contributed by atoms with Gasteiger partial charge in [0.1, 0.15) is 0 Å². The molecular weight excluding hydrogens is 394 g/mol. The Labute approximate surface area is 181 Å². The van der Waals surface area contributed by atoms with Crippen LogP contribution in [0.25, 0.3) is 16.6 Å². The van der Waals surface area contributed by atoms with E-state index in [9.17, 15) is 9.59 Å². The fraction of sp³-hybridized carbons (Fsp3) is 0.375. The summed E-state index contributed by atoms with van der Waals surface area (Å²) < 4.78 is 1.69. The highest BCUT2D eigenvalue weighted by Crippen LogP contribution is 2.30. The summed E-state index contributed by atoms with van der Waals surface area (Å²) >= 11 is 1.37. The second-order valence-electron chi connectivity index (χ2n) is 8.06. The molecule has 0 spiro atoms. The third kappa shape index (κ3) is 3.88. The minimum absolute atomic E-state index is 0.1000. The molecule has 0 aliphatic carbocycles. The van der Waals surface area contributed by atoms with Gasteiger partial charge in [-0.05, 0) is 49.4 Å². The highest BCUT2D eigenvalue weighted by Gasteiger charge is 2.26. The summed E-state index contributed by atoms with van der Waals surface area (Å²) in [5.74, 6) is 0.365. The molecule has 1 saturated heterocycles. The predicted octanol–water partition coefficient (Wildman–Crippen LogP) is 4.61. The Hall–Kier alpha value is -2.60. The van der Waals surface area contributed by atoms with Gasteiger partial charge in [0.15, 0.2) is 5.16 Å². The van der Waals surface area contributed by atoms with Crippen molar-refractivity contribution < 1.29 is 4.79 Å². The molecule has 0 radical (unpaired) electrons. The Morgan fingerprint density at radius 2 is 1.67 bits per heavy atom. The molecule has 2 heterocycles. The van der Waals surface area contributed by atoms with Crippen LogP contribution in [-0.4, -0.2) is 38.7 Å². The molecule has 4 rings (SSSR count). The molecule has 1 fully saturated rings. The van der Waals surface area contributed by atoms with Crippen LogP contribution in [0.2, 0.25) is 0 Å². The van der Waals surface area contributed by atoms with Gasteiger partial charge >= 0.3 is 0 Å². The van der Waals surface area contributed by atoms with Crippen molar-refractivity contribution in [2.75, 3.05) is 13.1 Å². The van der Waals surface area contributed by atoms with Crippen LogP contribution >= 0.6 is 11.8 Å². The zero-order valence-corrected chi connectivity index (χ0v) is 18.5. The first kappa shape index (κ1) is 20.7. The van der Waals surface area contributed by atoms with Gasteiger partial charge in [-0.25, -0.2) is 4.98 Å². The van der Waals surface area contributed by atoms with E-state index in [2.05, 4.69) is 19.9 Å². The zero-order chi connectivity index (χ0) is 21.3. The molecule has 3 aromatic rings. The molecule has 1 atom stereocenters. The highest BCUT2D eigenvalue weighted by atomic mass is 32.2. The van der Waals surface area contributed by atoms with Gasteiger partial charge in [-0.3, -0.25) is 14.2 Å². The van der Waals surface area contributed by atoms with Crippen molar-refractivity contribution in [3.63, 3.8) is 0 Å². The van der Waals surface area contributed by atoms with Crippen molar-refractivity contribution in [1.82, 2.24) is 14.5 Å². The number of likely N-dealkylation sites (tertiary alicyclic amines) is 1. The number of benzene rings is 2. The van der Waals surface area contributed by atoms with Crippen LogP contribution in [0.15, 0.2) is 58.5 Å². The van der Waals surface area contributed by atoms with E-state index in [1.807, 2.05) is 54.3 Å². The molecule has 1 aliphatic rings. The summed E-state index contributed by atoms with van der Waals surface area (Å²) in [7, 11) is 0. The van der Waals surface area contributed by atoms with Crippen molar-refractivity contribution >= 4 is 28.6 Å². The van der Waals surface area contributed by atoms with Crippen molar-refractivity contribution in [3.8, 4) is 5.69 Å². The van der Waals surface area contributed by atoms with E-state index < -0.39 is 0 Å². The summed E-state index contributed by atoms with van der Waals surface area (Å²) in [5, 5.41) is 0.833. The summed E-state index contributed by atoms with van der Waals surface area (Å²) in [5.41, 5.74) is 2.47. The largest absolute Gasteiger partial charge is 0.342 e. The van der Waals surface area contributed by atoms with Crippen LogP contribution in [0.1, 0.15) is 45.1 Å². The van der Waals surface area contributed by atoms with Gasteiger partial charge in [0.05, 0.1) is 21.8 Å². The molecule has 6 heteroatoms. The summed E-state index contributed by atoms with van der Waals surface area (Å²) in [6.07, 6.45) is 2.12. The lowest BCUT2D eigenvalue weighted by Crippen LogP contribution is -2.34. The number of para-hydroxylation sites is 2. The lowest BCUT2D eigenvalue weighted by atomic mass is 10.0. The molecule has 30 heavy (non-hydrogen) atoms. The number of amides is 1. The van der Waals surface area contributed by atoms with Gasteiger partial charge in [0.2, 0.25) is 5.91 Å². The second kappa shape index (κ2) is 8.64. The first-order chi connectivity index (χ1) is 14.5. The molecule has 1 aliphatic heterocycles. The molecule has 1 aromatic heterocycles. The Morgan fingerprint density at radius 1 is 1.00 bits per heavy atom. The van der Waals surface area contributed by atoms with E-state index in [-0.39, 0.29) is 22.6 Å². The number of fused-ring (bicyclic) bond motifs is 1. The van der Waals surface area contributed by atoms with E-state index >= 15 is 0 Å². The normalized spacial score (nSPS) is 15.1. The predicted molar refractivity (Wildman–Crippen MR) is 123 cm³/mol. The number of carbonyl (C=O) groups is 1. The average molecular weight is 422 g/mol. The smallest absolute Gasteiger partial charge is 0.266 e. The lowest BCUT2D eigenvalue weighted by Gasteiger charge is -2.22. The van der Waals surface area contributed by atoms with Crippen LogP contribution in [0.5, 0.6) is 0 Å². The number of hydrogen-bond acceptors (Lipinski definition) is 4. The quantitative estimate of drug-likeness (QED) is 0.446. The number of thioether (sulfide) groups is 1. The van der Waals surface area contributed by atoms with Crippen LogP contribution < -0.4 is 5.56 Å². The van der Waals surface area contributed by atoms with Crippen molar-refractivity contribution in [2.45, 2.75) is 49.9 Å². The van der Waals surface area contributed by atoms with Crippen molar-refractivity contribution in [2.24, 2.45) is 0 Å². The third-order valence-electron chi connectivity index (χ3n) is 5.59. The molecule has 1 unspecified atom stereocenters. The maximum absolute atomic E-state index is 13.5. The molecule has 0 saturated carbocycles. The van der Waals surface area contributed by atoms with Gasteiger partial charge in [0, 0.05) is 13.1 Å². The number of nitrogens with zero attached hydrogens (tertiary/aromatic N) is 3. The Morgan fingerprint density at radius 3 is 2.40 bits per heavy atom. The van der Waals surface area contributed by atoms with E-state index in [4.69, 9.17) is 4.98 Å². The van der Waals surface area contributed by atoms with Gasteiger partial charge in [-0.15, -0.1) is 0 Å². The van der Waals surface area contributed by atoms with Crippen LogP contribution in [0.3, 0.4) is 0 Å². The van der Waals surface area contributed by atoms with Gasteiger partial charge in [-0.2, -0.15) is 0 Å². The minimum atomic E-state index is -0.311. The van der Waals surface area contributed by atoms with E-state index in [0.29, 0.717) is 16.1 Å². The first-order valence-corrected chi connectivity index (χ1v) is 11.4. The first-order valence-electron chi connectivity index (χ1n) is 10.5. The highest BCUT2D eigenvalue weighted by molar-refractivity contribution is 8.00. The summed E-state index contributed by atoms with van der Waals surface area (Å²) in [6.45, 7) is 7.77. The maximum Gasteiger partial charge on any atom is 0.266 e. The molecule has 2 aromatic carbocycles. The summed E-state index contributed by atoms with van der Waals surface area (Å²) in [4.78, 5) is 33.2. The van der Waals surface area contributed by atoms with E-state index in [1.54, 1.807) is 4.57 Å². The average Bonchev–Trinajstić information content (AvgIpc) is 3.28. The number of hydrogen-bond donors (Lipinski definition) is 0. The number of aromatic nitrogens is 2. The molecule has 156 valence electrons. The van der Waals surface area contributed by atoms with Crippen molar-refractivity contribution in [1.29, 1.82) is 0 Å². The molecular formula is C24H27N3O2S. The minimum Gasteiger partial charge on any atom is -0.342 e. The molecule has 5 nitrogen and oxygen atoms in total. The zero-order valence-electron chi connectivity index (χ0n) is 17.7.